The third-order valence-electron chi connectivity index (χ3n) is 4.93. The topological polar surface area (TPSA) is 77.3 Å². The van der Waals surface area contributed by atoms with E-state index in [0.717, 1.165) is 68.1 Å². The smallest absolute Gasteiger partial charge is 0.116 e. The first kappa shape index (κ1) is 18.0. The van der Waals surface area contributed by atoms with Crippen LogP contribution in [-0.4, -0.2) is 30.1 Å². The molecule has 0 atom stereocenters. The first-order valence-corrected chi connectivity index (χ1v) is 8.69. The Morgan fingerprint density at radius 2 is 0.654 bits per heavy atom. The summed E-state index contributed by atoms with van der Waals surface area (Å²) in [4.78, 5) is 18.6. The Kier molecular flexibility index (Phi) is 4.52. The summed E-state index contributed by atoms with van der Waals surface area (Å²) in [7, 11) is 0. The van der Waals surface area contributed by atoms with Crippen LogP contribution in [0.4, 0.5) is 0 Å². The van der Waals surface area contributed by atoms with Crippen molar-refractivity contribution in [2.45, 2.75) is 55.4 Å². The van der Waals surface area contributed by atoms with E-state index in [9.17, 15) is 0 Å². The van der Waals surface area contributed by atoms with E-state index in [1.54, 1.807) is 0 Å². The Balaban J connectivity index is 2.20. The predicted octanol–water partition coefficient (Wildman–Crippen LogP) is 3.86. The van der Waals surface area contributed by atoms with Gasteiger partial charge in [-0.05, 0) is 66.5 Å². The van der Waals surface area contributed by atoms with Crippen LogP contribution in [0.5, 0.6) is 0 Å². The first-order valence-electron chi connectivity index (χ1n) is 8.69. The van der Waals surface area contributed by atoms with E-state index in [0.29, 0.717) is 0 Å². The monoisotopic (exact) mass is 348 g/mol. The molecule has 0 aromatic carbocycles. The molecule has 0 fully saturated rings. The van der Waals surface area contributed by atoms with E-state index in [4.69, 9.17) is 9.97 Å². The highest BCUT2D eigenvalue weighted by Crippen LogP contribution is 2.30. The lowest BCUT2D eigenvalue weighted by Crippen LogP contribution is -2.07. The Labute approximate surface area is 154 Å². The van der Waals surface area contributed by atoms with Gasteiger partial charge in [0.15, 0.2) is 0 Å². The molecule has 6 nitrogen and oxygen atoms in total. The third-order valence-corrected chi connectivity index (χ3v) is 4.93. The molecule has 26 heavy (non-hydrogen) atoms. The van der Waals surface area contributed by atoms with Gasteiger partial charge in [-0.2, -0.15) is 0 Å². The summed E-state index contributed by atoms with van der Waals surface area (Å²) in [5.41, 5.74) is 10.6. The highest BCUT2D eigenvalue weighted by Gasteiger charge is 2.19. The van der Waals surface area contributed by atoms with E-state index < -0.39 is 0 Å². The number of nitrogens with zero attached hydrogens (tertiary/aromatic N) is 6. The average Bonchev–Trinajstić information content (AvgIpc) is 2.57. The zero-order valence-electron chi connectivity index (χ0n) is 16.7. The fourth-order valence-corrected chi connectivity index (χ4v) is 2.93. The van der Waals surface area contributed by atoms with Crippen molar-refractivity contribution >= 4 is 0 Å². The van der Waals surface area contributed by atoms with Crippen LogP contribution in [0, 0.1) is 55.4 Å². The zero-order chi connectivity index (χ0) is 19.2. The minimum atomic E-state index is 0.772. The van der Waals surface area contributed by atoms with Crippen LogP contribution in [0.3, 0.4) is 0 Å². The molecule has 0 aliphatic rings. The number of aromatic nitrogens is 6. The van der Waals surface area contributed by atoms with Crippen LogP contribution < -0.4 is 0 Å². The minimum absolute atomic E-state index is 0.772. The lowest BCUT2D eigenvalue weighted by Gasteiger charge is -2.14. The van der Waals surface area contributed by atoms with Gasteiger partial charge in [-0.3, -0.25) is 9.97 Å². The largest absolute Gasteiger partial charge is 0.254 e. The van der Waals surface area contributed by atoms with Crippen molar-refractivity contribution in [1.29, 1.82) is 0 Å². The van der Waals surface area contributed by atoms with Gasteiger partial charge in [0.05, 0.1) is 34.2 Å². The summed E-state index contributed by atoms with van der Waals surface area (Å²) < 4.78 is 0. The SMILES string of the molecule is Cc1nc(C)c(-c2nnc(-c3nc(C)c(C)nc3C)c(C)c2C)nc1C. The second kappa shape index (κ2) is 6.52. The normalized spacial score (nSPS) is 11.1. The van der Waals surface area contributed by atoms with Crippen molar-refractivity contribution in [2.75, 3.05) is 0 Å². The van der Waals surface area contributed by atoms with Gasteiger partial charge in [0, 0.05) is 0 Å². The quantitative estimate of drug-likeness (QED) is 0.700. The summed E-state index contributed by atoms with van der Waals surface area (Å²) in [6.07, 6.45) is 0. The Morgan fingerprint density at radius 1 is 0.346 bits per heavy atom. The summed E-state index contributed by atoms with van der Waals surface area (Å²) in [5, 5.41) is 8.98. The maximum Gasteiger partial charge on any atom is 0.116 e. The Morgan fingerprint density at radius 3 is 1.00 bits per heavy atom. The molecule has 134 valence electrons. The predicted molar refractivity (Wildman–Crippen MR) is 102 cm³/mol. The molecule has 0 radical (unpaired) electrons. The van der Waals surface area contributed by atoms with Crippen LogP contribution in [0.15, 0.2) is 0 Å². The summed E-state index contributed by atoms with van der Waals surface area (Å²) in [6.45, 7) is 15.9. The maximum absolute atomic E-state index is 4.70. The van der Waals surface area contributed by atoms with E-state index in [-0.39, 0.29) is 0 Å². The van der Waals surface area contributed by atoms with Gasteiger partial charge in [-0.1, -0.05) is 0 Å². The fraction of sp³-hybridized carbons (Fsp3) is 0.400. The highest BCUT2D eigenvalue weighted by molar-refractivity contribution is 5.69. The third kappa shape index (κ3) is 2.96. The first-order chi connectivity index (χ1) is 12.2. The number of rotatable bonds is 2. The molecule has 0 saturated carbocycles. The molecule has 6 heteroatoms. The van der Waals surface area contributed by atoms with Gasteiger partial charge < -0.3 is 0 Å². The fourth-order valence-electron chi connectivity index (χ4n) is 2.93. The molecule has 0 aliphatic carbocycles. The molecule has 0 saturated heterocycles. The Hall–Kier alpha value is -2.76. The van der Waals surface area contributed by atoms with Crippen molar-refractivity contribution in [3.05, 3.63) is 45.3 Å². The molecule has 0 spiro atoms. The van der Waals surface area contributed by atoms with E-state index in [1.807, 2.05) is 55.4 Å². The van der Waals surface area contributed by atoms with Crippen molar-refractivity contribution < 1.29 is 0 Å². The van der Waals surface area contributed by atoms with Gasteiger partial charge in [-0.25, -0.2) is 9.97 Å². The Bertz CT molecular complexity index is 941. The summed E-state index contributed by atoms with van der Waals surface area (Å²) in [5.74, 6) is 0. The molecule has 3 rings (SSSR count). The molecular weight excluding hydrogens is 324 g/mol. The average molecular weight is 348 g/mol. The minimum Gasteiger partial charge on any atom is -0.254 e. The number of aryl methyl sites for hydroxylation is 6. The van der Waals surface area contributed by atoms with Crippen molar-refractivity contribution in [1.82, 2.24) is 30.1 Å². The van der Waals surface area contributed by atoms with Crippen LogP contribution in [0.1, 0.15) is 45.3 Å². The standard InChI is InChI=1S/C20H24N6/c1-9-10(2)18(20-16(8)22-12(4)14(6)24-20)26-25-17(9)19-15(7)21-11(3)13(5)23-19/h1-8H3. The molecule has 3 heterocycles. The second-order valence-electron chi connectivity index (χ2n) is 6.80. The lowest BCUT2D eigenvalue weighted by atomic mass is 10.0. The molecular formula is C20H24N6. The van der Waals surface area contributed by atoms with Crippen LogP contribution in [0.25, 0.3) is 22.8 Å². The van der Waals surface area contributed by atoms with Gasteiger partial charge in [0.1, 0.15) is 22.8 Å². The highest BCUT2D eigenvalue weighted by atomic mass is 15.1. The maximum atomic E-state index is 4.70. The second-order valence-corrected chi connectivity index (χ2v) is 6.80. The molecule has 3 aromatic heterocycles. The molecule has 0 bridgehead atoms. The molecule has 0 N–H and O–H groups in total. The van der Waals surface area contributed by atoms with Crippen LogP contribution in [0.2, 0.25) is 0 Å². The zero-order valence-corrected chi connectivity index (χ0v) is 16.7. The molecule has 0 aliphatic heterocycles. The van der Waals surface area contributed by atoms with Crippen LogP contribution >= 0.6 is 0 Å². The van der Waals surface area contributed by atoms with Crippen molar-refractivity contribution in [3.63, 3.8) is 0 Å². The van der Waals surface area contributed by atoms with E-state index in [1.165, 1.54) is 0 Å². The summed E-state index contributed by atoms with van der Waals surface area (Å²) >= 11 is 0. The van der Waals surface area contributed by atoms with Gasteiger partial charge in [-0.15, -0.1) is 10.2 Å². The summed E-state index contributed by atoms with van der Waals surface area (Å²) in [6, 6.07) is 0. The van der Waals surface area contributed by atoms with Gasteiger partial charge in [0.25, 0.3) is 0 Å². The lowest BCUT2D eigenvalue weighted by molar-refractivity contribution is 0.944. The molecule has 0 amide bonds. The molecule has 0 unspecified atom stereocenters. The van der Waals surface area contributed by atoms with E-state index in [2.05, 4.69) is 20.2 Å². The van der Waals surface area contributed by atoms with Crippen molar-refractivity contribution in [3.8, 4) is 22.8 Å². The van der Waals surface area contributed by atoms with Crippen LogP contribution in [-0.2, 0) is 0 Å². The molecule has 3 aromatic rings. The van der Waals surface area contributed by atoms with Gasteiger partial charge >= 0.3 is 0 Å². The van der Waals surface area contributed by atoms with E-state index >= 15 is 0 Å². The van der Waals surface area contributed by atoms with Gasteiger partial charge in [0.2, 0.25) is 0 Å². The number of hydrogen-bond acceptors (Lipinski definition) is 6. The number of hydrogen-bond donors (Lipinski definition) is 0. The van der Waals surface area contributed by atoms with Crippen molar-refractivity contribution in [2.24, 2.45) is 0 Å².